The molecular weight excluding hydrogens is 234 g/mol. The van der Waals surface area contributed by atoms with E-state index in [9.17, 15) is 0 Å². The molecule has 3 aromatic rings. The van der Waals surface area contributed by atoms with Crippen molar-refractivity contribution in [2.24, 2.45) is 0 Å². The molecule has 19 heavy (non-hydrogen) atoms. The van der Waals surface area contributed by atoms with Crippen molar-refractivity contribution < 1.29 is 4.42 Å². The Morgan fingerprint density at radius 2 is 1.63 bits per heavy atom. The van der Waals surface area contributed by atoms with Crippen LogP contribution in [0.5, 0.6) is 0 Å². The van der Waals surface area contributed by atoms with E-state index in [1.54, 1.807) is 12.5 Å². The molecule has 0 saturated heterocycles. The molecule has 1 N–H and O–H groups in total. The second-order valence-electron chi connectivity index (χ2n) is 4.40. The van der Waals surface area contributed by atoms with Crippen molar-refractivity contribution in [3.05, 3.63) is 78.8 Å². The van der Waals surface area contributed by atoms with Gasteiger partial charge in [0.1, 0.15) is 0 Å². The van der Waals surface area contributed by atoms with E-state index in [0.717, 1.165) is 17.8 Å². The molecule has 0 atom stereocenters. The minimum absolute atomic E-state index is 0.764. The summed E-state index contributed by atoms with van der Waals surface area (Å²) in [6, 6.07) is 20.7. The Labute approximate surface area is 112 Å². The van der Waals surface area contributed by atoms with Gasteiger partial charge in [-0.15, -0.1) is 0 Å². The maximum absolute atomic E-state index is 5.08. The van der Waals surface area contributed by atoms with E-state index < -0.39 is 0 Å². The molecule has 2 nitrogen and oxygen atoms in total. The van der Waals surface area contributed by atoms with Crippen LogP contribution in [0.15, 0.2) is 77.6 Å². The number of nitrogens with one attached hydrogen (secondary N) is 1. The summed E-state index contributed by atoms with van der Waals surface area (Å²) in [6.45, 7) is 0.764. The first kappa shape index (κ1) is 11.6. The molecule has 3 rings (SSSR count). The number of furan rings is 1. The smallest absolute Gasteiger partial charge is 0.0952 e. The molecule has 2 heteroatoms. The zero-order valence-electron chi connectivity index (χ0n) is 10.5. The lowest BCUT2D eigenvalue weighted by atomic mass is 10.0. The SMILES string of the molecule is c1ccc(-c2ccccc2NCc2ccoc2)cc1. The number of hydrogen-bond donors (Lipinski definition) is 1. The predicted octanol–water partition coefficient (Wildman–Crippen LogP) is 4.56. The Hall–Kier alpha value is -2.48. The van der Waals surface area contributed by atoms with E-state index in [-0.39, 0.29) is 0 Å². The summed E-state index contributed by atoms with van der Waals surface area (Å²) < 4.78 is 5.08. The standard InChI is InChI=1S/C17H15NO/c1-2-6-15(7-3-1)16-8-4-5-9-17(16)18-12-14-10-11-19-13-14/h1-11,13,18H,12H2. The van der Waals surface area contributed by atoms with E-state index in [4.69, 9.17) is 4.42 Å². The van der Waals surface area contributed by atoms with Crippen LogP contribution in [0, 0.1) is 0 Å². The monoisotopic (exact) mass is 249 g/mol. The van der Waals surface area contributed by atoms with Crippen molar-refractivity contribution in [3.63, 3.8) is 0 Å². The number of anilines is 1. The van der Waals surface area contributed by atoms with E-state index in [2.05, 4.69) is 47.8 Å². The molecule has 0 unspecified atom stereocenters. The predicted molar refractivity (Wildman–Crippen MR) is 77.9 cm³/mol. The summed E-state index contributed by atoms with van der Waals surface area (Å²) in [4.78, 5) is 0. The van der Waals surface area contributed by atoms with Gasteiger partial charge in [0.25, 0.3) is 0 Å². The molecule has 0 aliphatic rings. The van der Waals surface area contributed by atoms with Gasteiger partial charge in [-0.1, -0.05) is 48.5 Å². The van der Waals surface area contributed by atoms with E-state index >= 15 is 0 Å². The maximum atomic E-state index is 5.08. The Bertz CT molecular complexity index is 629. The van der Waals surface area contributed by atoms with Gasteiger partial charge in [0, 0.05) is 23.4 Å². The van der Waals surface area contributed by atoms with Gasteiger partial charge in [0.05, 0.1) is 12.5 Å². The van der Waals surface area contributed by atoms with Gasteiger partial charge in [-0.25, -0.2) is 0 Å². The van der Waals surface area contributed by atoms with Crippen molar-refractivity contribution in [3.8, 4) is 11.1 Å². The fourth-order valence-electron chi connectivity index (χ4n) is 2.10. The van der Waals surface area contributed by atoms with Crippen molar-refractivity contribution in [1.82, 2.24) is 0 Å². The molecule has 0 amide bonds. The van der Waals surface area contributed by atoms with Gasteiger partial charge in [-0.3, -0.25) is 0 Å². The van der Waals surface area contributed by atoms with E-state index in [1.807, 2.05) is 18.2 Å². The van der Waals surface area contributed by atoms with Gasteiger partial charge < -0.3 is 9.73 Å². The molecule has 0 saturated carbocycles. The molecule has 1 heterocycles. The van der Waals surface area contributed by atoms with Crippen LogP contribution in [0.3, 0.4) is 0 Å². The average molecular weight is 249 g/mol. The van der Waals surface area contributed by atoms with Crippen LogP contribution in [-0.4, -0.2) is 0 Å². The first-order valence-electron chi connectivity index (χ1n) is 6.33. The first-order valence-corrected chi connectivity index (χ1v) is 6.33. The van der Waals surface area contributed by atoms with Gasteiger partial charge in [0.2, 0.25) is 0 Å². The summed E-state index contributed by atoms with van der Waals surface area (Å²) >= 11 is 0. The van der Waals surface area contributed by atoms with E-state index in [1.165, 1.54) is 11.1 Å². The number of para-hydroxylation sites is 1. The third kappa shape index (κ3) is 2.68. The summed E-state index contributed by atoms with van der Waals surface area (Å²) in [7, 11) is 0. The van der Waals surface area contributed by atoms with Crippen LogP contribution in [-0.2, 0) is 6.54 Å². The molecule has 0 aliphatic heterocycles. The molecule has 0 radical (unpaired) electrons. The molecule has 0 aliphatic carbocycles. The van der Waals surface area contributed by atoms with Crippen LogP contribution in [0.2, 0.25) is 0 Å². The topological polar surface area (TPSA) is 25.2 Å². The van der Waals surface area contributed by atoms with Crippen molar-refractivity contribution in [1.29, 1.82) is 0 Å². The van der Waals surface area contributed by atoms with Gasteiger partial charge >= 0.3 is 0 Å². The Morgan fingerprint density at radius 3 is 2.42 bits per heavy atom. The van der Waals surface area contributed by atoms with Gasteiger partial charge in [0.15, 0.2) is 0 Å². The Morgan fingerprint density at radius 1 is 0.842 bits per heavy atom. The van der Waals surface area contributed by atoms with Gasteiger partial charge in [-0.05, 0) is 17.7 Å². The number of hydrogen-bond acceptors (Lipinski definition) is 2. The van der Waals surface area contributed by atoms with Crippen molar-refractivity contribution >= 4 is 5.69 Å². The van der Waals surface area contributed by atoms with Crippen molar-refractivity contribution in [2.45, 2.75) is 6.54 Å². The fraction of sp³-hybridized carbons (Fsp3) is 0.0588. The lowest BCUT2D eigenvalue weighted by Gasteiger charge is -2.11. The zero-order chi connectivity index (χ0) is 12.9. The van der Waals surface area contributed by atoms with Crippen LogP contribution in [0.25, 0.3) is 11.1 Å². The summed E-state index contributed by atoms with van der Waals surface area (Å²) in [5, 5.41) is 3.45. The third-order valence-corrected chi connectivity index (χ3v) is 3.07. The highest BCUT2D eigenvalue weighted by atomic mass is 16.3. The molecule has 2 aromatic carbocycles. The maximum Gasteiger partial charge on any atom is 0.0952 e. The number of benzene rings is 2. The van der Waals surface area contributed by atoms with Crippen LogP contribution in [0.4, 0.5) is 5.69 Å². The highest BCUT2D eigenvalue weighted by Crippen LogP contribution is 2.27. The van der Waals surface area contributed by atoms with E-state index in [0.29, 0.717) is 0 Å². The molecular formula is C17H15NO. The fourth-order valence-corrected chi connectivity index (χ4v) is 2.10. The third-order valence-electron chi connectivity index (χ3n) is 3.07. The highest BCUT2D eigenvalue weighted by molar-refractivity contribution is 5.77. The first-order chi connectivity index (χ1) is 9.43. The molecule has 0 fully saturated rings. The largest absolute Gasteiger partial charge is 0.472 e. The van der Waals surface area contributed by atoms with Crippen LogP contribution < -0.4 is 5.32 Å². The zero-order valence-corrected chi connectivity index (χ0v) is 10.5. The second kappa shape index (κ2) is 5.44. The van der Waals surface area contributed by atoms with Crippen LogP contribution >= 0.6 is 0 Å². The minimum atomic E-state index is 0.764. The minimum Gasteiger partial charge on any atom is -0.472 e. The Kier molecular flexibility index (Phi) is 3.32. The second-order valence-corrected chi connectivity index (χ2v) is 4.40. The quantitative estimate of drug-likeness (QED) is 0.733. The lowest BCUT2D eigenvalue weighted by molar-refractivity contribution is 0.564. The lowest BCUT2D eigenvalue weighted by Crippen LogP contribution is -1.99. The molecule has 0 spiro atoms. The normalized spacial score (nSPS) is 10.3. The summed E-state index contributed by atoms with van der Waals surface area (Å²) in [5.74, 6) is 0. The van der Waals surface area contributed by atoms with Crippen molar-refractivity contribution in [2.75, 3.05) is 5.32 Å². The summed E-state index contributed by atoms with van der Waals surface area (Å²) in [5.41, 5.74) is 4.71. The average Bonchev–Trinajstić information content (AvgIpc) is 3.00. The van der Waals surface area contributed by atoms with Crippen LogP contribution in [0.1, 0.15) is 5.56 Å². The van der Waals surface area contributed by atoms with Gasteiger partial charge in [-0.2, -0.15) is 0 Å². The number of rotatable bonds is 4. The summed E-state index contributed by atoms with van der Waals surface area (Å²) in [6.07, 6.45) is 3.46. The Balaban J connectivity index is 1.85. The molecule has 94 valence electrons. The molecule has 0 bridgehead atoms. The highest BCUT2D eigenvalue weighted by Gasteiger charge is 2.03. The molecule has 1 aromatic heterocycles.